The molecular formula is C21H26N2O5. The van der Waals surface area contributed by atoms with Gasteiger partial charge in [-0.3, -0.25) is 19.3 Å². The summed E-state index contributed by atoms with van der Waals surface area (Å²) in [4.78, 5) is 38.6. The van der Waals surface area contributed by atoms with Crippen molar-refractivity contribution < 1.29 is 23.9 Å². The predicted octanol–water partition coefficient (Wildman–Crippen LogP) is 1.98. The third-order valence-corrected chi connectivity index (χ3v) is 6.12. The molecule has 3 aliphatic rings. The first kappa shape index (κ1) is 18.8. The Hall–Kier alpha value is -2.57. The van der Waals surface area contributed by atoms with Gasteiger partial charge in [0.15, 0.2) is 11.5 Å². The third kappa shape index (κ3) is 3.34. The monoisotopic (exact) mass is 386 g/mol. The van der Waals surface area contributed by atoms with Gasteiger partial charge < -0.3 is 14.8 Å². The molecule has 1 saturated heterocycles. The average Bonchev–Trinajstić information content (AvgIpc) is 3.25. The van der Waals surface area contributed by atoms with Crippen LogP contribution in [0.5, 0.6) is 11.5 Å². The number of rotatable bonds is 5. The molecule has 3 amide bonds. The molecule has 0 bridgehead atoms. The van der Waals surface area contributed by atoms with Gasteiger partial charge in [0.1, 0.15) is 6.54 Å². The fourth-order valence-corrected chi connectivity index (χ4v) is 4.33. The largest absolute Gasteiger partial charge is 0.454 e. The van der Waals surface area contributed by atoms with Gasteiger partial charge in [-0.05, 0) is 30.5 Å². The Balaban J connectivity index is 1.36. The molecule has 1 aliphatic carbocycles. The van der Waals surface area contributed by atoms with Crippen molar-refractivity contribution in [3.8, 4) is 11.5 Å². The van der Waals surface area contributed by atoms with E-state index in [9.17, 15) is 14.4 Å². The number of carbonyl (C=O) groups is 3. The maximum atomic E-state index is 12.5. The minimum atomic E-state index is -0.344. The summed E-state index contributed by atoms with van der Waals surface area (Å²) in [5.41, 5.74) is 0.667. The smallest absolute Gasteiger partial charge is 0.240 e. The molecule has 0 aromatic heterocycles. The molecule has 150 valence electrons. The lowest BCUT2D eigenvalue weighted by atomic mass is 9.81. The second-order valence-electron chi connectivity index (χ2n) is 8.49. The summed E-state index contributed by atoms with van der Waals surface area (Å²) in [7, 11) is 0. The number of ether oxygens (including phenoxy) is 2. The number of amides is 3. The summed E-state index contributed by atoms with van der Waals surface area (Å²) in [6.07, 6.45) is 3.46. The van der Waals surface area contributed by atoms with Crippen LogP contribution in [-0.4, -0.2) is 42.5 Å². The number of nitrogens with zero attached hydrogens (tertiary/aromatic N) is 1. The molecule has 0 radical (unpaired) electrons. The van der Waals surface area contributed by atoms with Crippen molar-refractivity contribution in [1.82, 2.24) is 10.2 Å². The topological polar surface area (TPSA) is 84.9 Å². The Morgan fingerprint density at radius 3 is 2.43 bits per heavy atom. The molecule has 2 atom stereocenters. The lowest BCUT2D eigenvalue weighted by molar-refractivity contribution is -0.143. The molecule has 28 heavy (non-hydrogen) atoms. The number of nitrogens with one attached hydrogen (secondary N) is 1. The maximum absolute atomic E-state index is 12.5. The summed E-state index contributed by atoms with van der Waals surface area (Å²) < 4.78 is 10.8. The number of hydrogen-bond acceptors (Lipinski definition) is 5. The van der Waals surface area contributed by atoms with Crippen molar-refractivity contribution in [2.45, 2.75) is 44.9 Å². The molecule has 1 saturated carbocycles. The van der Waals surface area contributed by atoms with Crippen molar-refractivity contribution in [2.24, 2.45) is 11.8 Å². The van der Waals surface area contributed by atoms with Crippen LogP contribution in [0.15, 0.2) is 18.2 Å². The van der Waals surface area contributed by atoms with Gasteiger partial charge in [0, 0.05) is 12.0 Å². The maximum Gasteiger partial charge on any atom is 0.240 e. The van der Waals surface area contributed by atoms with Crippen LogP contribution >= 0.6 is 0 Å². The zero-order valence-corrected chi connectivity index (χ0v) is 16.3. The van der Waals surface area contributed by atoms with E-state index in [1.54, 1.807) is 0 Å². The van der Waals surface area contributed by atoms with E-state index in [1.165, 1.54) is 0 Å². The standard InChI is InChI=1S/C21H26N2O5/c1-21(2,13-7-8-16-17(9-13)28-12-27-16)11-22-18(24)10-23-19(25)14-5-3-4-6-15(14)20(23)26/h7-9,14-15H,3-6,10-12H2,1-2H3,(H,22,24). The lowest BCUT2D eigenvalue weighted by Gasteiger charge is -2.26. The van der Waals surface area contributed by atoms with Crippen LogP contribution in [-0.2, 0) is 19.8 Å². The van der Waals surface area contributed by atoms with Crippen LogP contribution in [0.4, 0.5) is 0 Å². The van der Waals surface area contributed by atoms with E-state index in [-0.39, 0.29) is 48.3 Å². The zero-order chi connectivity index (χ0) is 19.9. The van der Waals surface area contributed by atoms with E-state index in [1.807, 2.05) is 32.0 Å². The fraction of sp³-hybridized carbons (Fsp3) is 0.571. The first-order chi connectivity index (χ1) is 13.4. The molecule has 2 heterocycles. The molecule has 1 N–H and O–H groups in total. The number of likely N-dealkylation sites (tertiary alicyclic amines) is 1. The van der Waals surface area contributed by atoms with Gasteiger partial charge in [0.25, 0.3) is 0 Å². The Bertz CT molecular complexity index is 795. The molecule has 1 aromatic carbocycles. The second kappa shape index (κ2) is 7.11. The van der Waals surface area contributed by atoms with Crippen molar-refractivity contribution >= 4 is 17.7 Å². The highest BCUT2D eigenvalue weighted by atomic mass is 16.7. The average molecular weight is 386 g/mol. The third-order valence-electron chi connectivity index (χ3n) is 6.12. The van der Waals surface area contributed by atoms with Gasteiger partial charge in [0.05, 0.1) is 11.8 Å². The number of carbonyl (C=O) groups excluding carboxylic acids is 3. The van der Waals surface area contributed by atoms with E-state index < -0.39 is 0 Å². The molecule has 2 fully saturated rings. The number of imide groups is 1. The van der Waals surface area contributed by atoms with E-state index in [4.69, 9.17) is 9.47 Å². The first-order valence-electron chi connectivity index (χ1n) is 9.89. The predicted molar refractivity (Wildman–Crippen MR) is 101 cm³/mol. The van der Waals surface area contributed by atoms with E-state index >= 15 is 0 Å². The molecule has 1 aromatic rings. The van der Waals surface area contributed by atoms with Crippen LogP contribution in [0, 0.1) is 11.8 Å². The van der Waals surface area contributed by atoms with Crippen LogP contribution < -0.4 is 14.8 Å². The normalized spacial score (nSPS) is 23.7. The molecular weight excluding hydrogens is 360 g/mol. The molecule has 2 unspecified atom stereocenters. The Labute approximate surface area is 164 Å². The summed E-state index contributed by atoms with van der Waals surface area (Å²) >= 11 is 0. The summed E-state index contributed by atoms with van der Waals surface area (Å²) in [6, 6.07) is 5.75. The zero-order valence-electron chi connectivity index (χ0n) is 16.3. The highest BCUT2D eigenvalue weighted by Crippen LogP contribution is 2.38. The van der Waals surface area contributed by atoms with Gasteiger partial charge in [-0.2, -0.15) is 0 Å². The van der Waals surface area contributed by atoms with Crippen LogP contribution in [0.3, 0.4) is 0 Å². The fourth-order valence-electron chi connectivity index (χ4n) is 4.33. The van der Waals surface area contributed by atoms with Crippen molar-refractivity contribution in [3.05, 3.63) is 23.8 Å². The van der Waals surface area contributed by atoms with E-state index in [0.29, 0.717) is 12.3 Å². The highest BCUT2D eigenvalue weighted by molar-refractivity contribution is 6.07. The van der Waals surface area contributed by atoms with Gasteiger partial charge in [-0.25, -0.2) is 0 Å². The van der Waals surface area contributed by atoms with Crippen molar-refractivity contribution in [3.63, 3.8) is 0 Å². The van der Waals surface area contributed by atoms with Crippen molar-refractivity contribution in [1.29, 1.82) is 0 Å². The number of fused-ring (bicyclic) bond motifs is 2. The number of hydrogen-bond donors (Lipinski definition) is 1. The highest BCUT2D eigenvalue weighted by Gasteiger charge is 2.48. The first-order valence-corrected chi connectivity index (χ1v) is 9.89. The lowest BCUT2D eigenvalue weighted by Crippen LogP contribution is -2.44. The minimum absolute atomic E-state index is 0.181. The Kier molecular flexibility index (Phi) is 4.77. The van der Waals surface area contributed by atoms with Crippen LogP contribution in [0.2, 0.25) is 0 Å². The summed E-state index contributed by atoms with van der Waals surface area (Å²) in [5, 5.41) is 2.88. The molecule has 7 heteroatoms. The van der Waals surface area contributed by atoms with Crippen molar-refractivity contribution in [2.75, 3.05) is 19.9 Å². The van der Waals surface area contributed by atoms with Gasteiger partial charge in [-0.15, -0.1) is 0 Å². The second-order valence-corrected chi connectivity index (χ2v) is 8.49. The Morgan fingerprint density at radius 1 is 1.11 bits per heavy atom. The van der Waals surface area contributed by atoms with E-state index in [2.05, 4.69) is 5.32 Å². The van der Waals surface area contributed by atoms with Gasteiger partial charge in [-0.1, -0.05) is 32.8 Å². The Morgan fingerprint density at radius 2 is 1.75 bits per heavy atom. The van der Waals surface area contributed by atoms with Gasteiger partial charge >= 0.3 is 0 Å². The molecule has 7 nitrogen and oxygen atoms in total. The minimum Gasteiger partial charge on any atom is -0.454 e. The number of benzene rings is 1. The summed E-state index contributed by atoms with van der Waals surface area (Å²) in [6.45, 7) is 4.45. The van der Waals surface area contributed by atoms with Crippen LogP contribution in [0.1, 0.15) is 45.1 Å². The molecule has 4 rings (SSSR count). The quantitative estimate of drug-likeness (QED) is 0.783. The summed E-state index contributed by atoms with van der Waals surface area (Å²) in [5.74, 6) is 0.302. The molecule has 2 aliphatic heterocycles. The SMILES string of the molecule is CC(C)(CNC(=O)CN1C(=O)C2CCCCC2C1=O)c1ccc2c(c1)OCO2. The van der Waals surface area contributed by atoms with E-state index in [0.717, 1.165) is 41.9 Å². The molecule has 0 spiro atoms. The van der Waals surface area contributed by atoms with Crippen LogP contribution in [0.25, 0.3) is 0 Å². The van der Waals surface area contributed by atoms with Gasteiger partial charge in [0.2, 0.25) is 24.5 Å².